The van der Waals surface area contributed by atoms with Crippen LogP contribution in [0.3, 0.4) is 0 Å². The van der Waals surface area contributed by atoms with Crippen molar-refractivity contribution in [2.24, 2.45) is 0 Å². The van der Waals surface area contributed by atoms with E-state index in [1.807, 2.05) is 11.8 Å². The molecule has 0 spiro atoms. The smallest absolute Gasteiger partial charge is 0.0122 e. The summed E-state index contributed by atoms with van der Waals surface area (Å²) >= 11 is 1.83. The van der Waals surface area contributed by atoms with Crippen LogP contribution < -0.4 is 0 Å². The van der Waals surface area contributed by atoms with Crippen LogP contribution in [0.15, 0.2) is 64.4 Å². The van der Waals surface area contributed by atoms with Crippen LogP contribution in [-0.4, -0.2) is 0 Å². The second kappa shape index (κ2) is 7.70. The molecule has 0 heterocycles. The van der Waals surface area contributed by atoms with Gasteiger partial charge in [0.05, 0.1) is 0 Å². The lowest BCUT2D eigenvalue weighted by Crippen LogP contribution is -2.16. The van der Waals surface area contributed by atoms with Crippen molar-refractivity contribution in [1.82, 2.24) is 0 Å². The molecule has 1 heteroatoms. The summed E-state index contributed by atoms with van der Waals surface area (Å²) in [6, 6.07) is 19.7. The fourth-order valence-electron chi connectivity index (χ4n) is 2.56. The van der Waals surface area contributed by atoms with Gasteiger partial charge in [0, 0.05) is 9.79 Å². The Hall–Kier alpha value is -1.21. The molecule has 0 bridgehead atoms. The lowest BCUT2D eigenvalue weighted by atomic mass is 9.80. The first-order valence-corrected chi connectivity index (χ1v) is 8.77. The Bertz CT molecular complexity index is 526. The van der Waals surface area contributed by atoms with E-state index in [1.54, 1.807) is 0 Å². The van der Waals surface area contributed by atoms with E-state index in [2.05, 4.69) is 75.4 Å². The van der Waals surface area contributed by atoms with Crippen LogP contribution >= 0.6 is 11.8 Å². The average Bonchev–Trinajstić information content (AvgIpc) is 2.49. The lowest BCUT2D eigenvalue weighted by molar-refractivity contribution is 0.450. The minimum atomic E-state index is 0.283. The quantitative estimate of drug-likeness (QED) is 0.513. The molecule has 112 valence electrons. The summed E-state index contributed by atoms with van der Waals surface area (Å²) in [6.45, 7) is 6.99. The maximum atomic E-state index is 2.36. The predicted octanol–water partition coefficient (Wildman–Crippen LogP) is 6.70. The van der Waals surface area contributed by atoms with Crippen LogP contribution in [0.1, 0.15) is 52.0 Å². The van der Waals surface area contributed by atoms with E-state index in [4.69, 9.17) is 0 Å². The summed E-state index contributed by atoms with van der Waals surface area (Å²) in [6.07, 6.45) is 5.23. The lowest BCUT2D eigenvalue weighted by Gasteiger charge is -2.25. The molecule has 0 saturated carbocycles. The zero-order valence-electron chi connectivity index (χ0n) is 13.4. The zero-order valence-corrected chi connectivity index (χ0v) is 14.2. The van der Waals surface area contributed by atoms with Gasteiger partial charge in [0.25, 0.3) is 0 Å². The van der Waals surface area contributed by atoms with Crippen molar-refractivity contribution in [2.45, 2.75) is 61.7 Å². The van der Waals surface area contributed by atoms with E-state index in [9.17, 15) is 0 Å². The first-order valence-electron chi connectivity index (χ1n) is 7.95. The molecule has 0 aliphatic rings. The van der Waals surface area contributed by atoms with Gasteiger partial charge in [-0.05, 0) is 41.7 Å². The summed E-state index contributed by atoms with van der Waals surface area (Å²) in [5.41, 5.74) is 1.74. The normalized spacial score (nSPS) is 11.6. The first kappa shape index (κ1) is 16.2. The van der Waals surface area contributed by atoms with Crippen molar-refractivity contribution < 1.29 is 0 Å². The topological polar surface area (TPSA) is 0 Å². The van der Waals surface area contributed by atoms with E-state index in [1.165, 1.54) is 41.0 Å². The predicted molar refractivity (Wildman–Crippen MR) is 94.2 cm³/mol. The maximum Gasteiger partial charge on any atom is 0.0122 e. The number of hydrogen-bond acceptors (Lipinski definition) is 1. The highest BCUT2D eigenvalue weighted by Gasteiger charge is 2.19. The summed E-state index contributed by atoms with van der Waals surface area (Å²) in [7, 11) is 0. The largest absolute Gasteiger partial charge is 0.0901 e. The molecule has 0 nitrogen and oxygen atoms in total. The molecule has 2 aromatic rings. The SMILES string of the molecule is CCCCCC(C)(C)c1ccc(Sc2ccccc2)cc1. The monoisotopic (exact) mass is 298 g/mol. The summed E-state index contributed by atoms with van der Waals surface area (Å²) < 4.78 is 0. The molecule has 0 aromatic heterocycles. The average molecular weight is 298 g/mol. The highest BCUT2D eigenvalue weighted by Crippen LogP contribution is 2.32. The molecular formula is C20H26S. The second-order valence-electron chi connectivity index (χ2n) is 6.28. The molecule has 0 radical (unpaired) electrons. The van der Waals surface area contributed by atoms with Crippen molar-refractivity contribution in [1.29, 1.82) is 0 Å². The molecule has 0 unspecified atom stereocenters. The van der Waals surface area contributed by atoms with Gasteiger partial charge in [0.1, 0.15) is 0 Å². The van der Waals surface area contributed by atoms with Gasteiger partial charge >= 0.3 is 0 Å². The van der Waals surface area contributed by atoms with Gasteiger partial charge in [-0.25, -0.2) is 0 Å². The molecule has 21 heavy (non-hydrogen) atoms. The third-order valence-corrected chi connectivity index (χ3v) is 5.04. The number of unbranched alkanes of at least 4 members (excludes halogenated alkanes) is 2. The third-order valence-electron chi connectivity index (χ3n) is 4.02. The molecule has 0 amide bonds. The zero-order chi connectivity index (χ0) is 15.1. The van der Waals surface area contributed by atoms with Crippen molar-refractivity contribution in [3.05, 3.63) is 60.2 Å². The Balaban J connectivity index is 2.01. The van der Waals surface area contributed by atoms with Gasteiger partial charge in [0.15, 0.2) is 0 Å². The molecule has 0 aliphatic carbocycles. The van der Waals surface area contributed by atoms with Gasteiger partial charge in [-0.15, -0.1) is 0 Å². The summed E-state index contributed by atoms with van der Waals surface area (Å²) in [4.78, 5) is 2.61. The minimum Gasteiger partial charge on any atom is -0.0901 e. The van der Waals surface area contributed by atoms with Crippen LogP contribution in [0.4, 0.5) is 0 Å². The van der Waals surface area contributed by atoms with Crippen LogP contribution in [0, 0.1) is 0 Å². The fourth-order valence-corrected chi connectivity index (χ4v) is 3.40. The summed E-state index contributed by atoms with van der Waals surface area (Å²) in [5, 5.41) is 0. The van der Waals surface area contributed by atoms with Crippen molar-refractivity contribution in [2.75, 3.05) is 0 Å². The van der Waals surface area contributed by atoms with Crippen LogP contribution in [0.2, 0.25) is 0 Å². The van der Waals surface area contributed by atoms with E-state index in [0.717, 1.165) is 0 Å². The molecule has 0 atom stereocenters. The Morgan fingerprint density at radius 1 is 0.810 bits per heavy atom. The summed E-state index contributed by atoms with van der Waals surface area (Å²) in [5.74, 6) is 0. The van der Waals surface area contributed by atoms with Gasteiger partial charge in [-0.3, -0.25) is 0 Å². The van der Waals surface area contributed by atoms with Crippen molar-refractivity contribution >= 4 is 11.8 Å². The van der Waals surface area contributed by atoms with Gasteiger partial charge in [-0.2, -0.15) is 0 Å². The highest BCUT2D eigenvalue weighted by molar-refractivity contribution is 7.99. The molecular weight excluding hydrogens is 272 g/mol. The Morgan fingerprint density at radius 3 is 2.05 bits per heavy atom. The van der Waals surface area contributed by atoms with Crippen LogP contribution in [0.5, 0.6) is 0 Å². The Kier molecular flexibility index (Phi) is 5.93. The minimum absolute atomic E-state index is 0.283. The number of hydrogen-bond donors (Lipinski definition) is 0. The van der Waals surface area contributed by atoms with Crippen molar-refractivity contribution in [3.63, 3.8) is 0 Å². The molecule has 0 aliphatic heterocycles. The van der Waals surface area contributed by atoms with E-state index in [-0.39, 0.29) is 5.41 Å². The van der Waals surface area contributed by atoms with Gasteiger partial charge in [0.2, 0.25) is 0 Å². The molecule has 0 N–H and O–H groups in total. The van der Waals surface area contributed by atoms with Crippen LogP contribution in [0.25, 0.3) is 0 Å². The van der Waals surface area contributed by atoms with Crippen LogP contribution in [-0.2, 0) is 5.41 Å². The molecule has 2 rings (SSSR count). The Labute approximate surface area is 134 Å². The first-order chi connectivity index (χ1) is 10.1. The van der Waals surface area contributed by atoms with E-state index >= 15 is 0 Å². The van der Waals surface area contributed by atoms with Gasteiger partial charge in [-0.1, -0.05) is 82.1 Å². The highest BCUT2D eigenvalue weighted by atomic mass is 32.2. The number of rotatable bonds is 7. The molecule has 0 saturated heterocycles. The second-order valence-corrected chi connectivity index (χ2v) is 7.43. The fraction of sp³-hybridized carbons (Fsp3) is 0.400. The number of benzene rings is 2. The molecule has 2 aromatic carbocycles. The van der Waals surface area contributed by atoms with E-state index in [0.29, 0.717) is 0 Å². The molecule has 0 fully saturated rings. The Morgan fingerprint density at radius 2 is 1.43 bits per heavy atom. The van der Waals surface area contributed by atoms with Gasteiger partial charge < -0.3 is 0 Å². The standard InChI is InChI=1S/C20H26S/c1-4-5-9-16-20(2,3)17-12-14-19(15-13-17)21-18-10-7-6-8-11-18/h6-8,10-15H,4-5,9,16H2,1-3H3. The van der Waals surface area contributed by atoms with E-state index < -0.39 is 0 Å². The third kappa shape index (κ3) is 4.93. The maximum absolute atomic E-state index is 2.36. The van der Waals surface area contributed by atoms with Crippen molar-refractivity contribution in [3.8, 4) is 0 Å².